The Morgan fingerprint density at radius 2 is 2.27 bits per heavy atom. The molecule has 0 aromatic carbocycles. The number of imidazole rings is 1. The number of hydrogen-bond donors (Lipinski definition) is 1. The molecule has 1 aliphatic rings. The highest BCUT2D eigenvalue weighted by Gasteiger charge is 2.24. The second-order valence-corrected chi connectivity index (χ2v) is 6.98. The number of carbonyl (C=O) groups excluding carboxylic acids is 1. The van der Waals surface area contributed by atoms with E-state index in [1.165, 1.54) is 12.3 Å². The summed E-state index contributed by atoms with van der Waals surface area (Å²) in [6.07, 6.45) is 10.00. The van der Waals surface area contributed by atoms with Gasteiger partial charge in [0.05, 0.1) is 12.3 Å². The zero-order valence-corrected chi connectivity index (χ0v) is 16.0. The van der Waals surface area contributed by atoms with Gasteiger partial charge in [-0.2, -0.15) is 5.26 Å². The molecule has 0 aliphatic carbocycles. The molecule has 0 saturated carbocycles. The molecule has 0 spiro atoms. The van der Waals surface area contributed by atoms with Crippen LogP contribution in [0.2, 0.25) is 0 Å². The number of aromatic nitrogens is 4. The van der Waals surface area contributed by atoms with Crippen LogP contribution in [-0.4, -0.2) is 49.3 Å². The quantitative estimate of drug-likeness (QED) is 0.671. The number of carbonyl (C=O) groups is 1. The third kappa shape index (κ3) is 3.91. The molecule has 8 nitrogen and oxygen atoms in total. The first kappa shape index (κ1) is 19.3. The van der Waals surface area contributed by atoms with Crippen molar-refractivity contribution in [2.45, 2.75) is 25.3 Å². The number of terminal acetylenes is 1. The lowest BCUT2D eigenvalue weighted by Gasteiger charge is -2.33. The summed E-state index contributed by atoms with van der Waals surface area (Å²) in [6, 6.07) is 6.42. The largest absolute Gasteiger partial charge is 0.365 e. The van der Waals surface area contributed by atoms with Crippen molar-refractivity contribution in [1.29, 1.82) is 5.26 Å². The van der Waals surface area contributed by atoms with Crippen LogP contribution in [-0.2, 0) is 4.79 Å². The monoisotopic (exact) mass is 403 g/mol. The summed E-state index contributed by atoms with van der Waals surface area (Å²) < 4.78 is 15.3. The van der Waals surface area contributed by atoms with Gasteiger partial charge in [0.2, 0.25) is 5.91 Å². The van der Waals surface area contributed by atoms with Gasteiger partial charge < -0.3 is 10.2 Å². The van der Waals surface area contributed by atoms with Gasteiger partial charge in [0.15, 0.2) is 5.82 Å². The number of nitrogens with one attached hydrogen (secondary N) is 1. The van der Waals surface area contributed by atoms with Gasteiger partial charge in [-0.15, -0.1) is 6.42 Å². The zero-order chi connectivity index (χ0) is 21.1. The predicted molar refractivity (Wildman–Crippen MR) is 108 cm³/mol. The van der Waals surface area contributed by atoms with E-state index in [-0.39, 0.29) is 18.4 Å². The molecule has 150 valence electrons. The van der Waals surface area contributed by atoms with Crippen molar-refractivity contribution in [2.75, 3.05) is 18.4 Å². The molecule has 4 rings (SSSR count). The second kappa shape index (κ2) is 8.18. The highest BCUT2D eigenvalue weighted by atomic mass is 19.1. The minimum atomic E-state index is -0.405. The highest BCUT2D eigenvalue weighted by Crippen LogP contribution is 2.22. The van der Waals surface area contributed by atoms with E-state index in [2.05, 4.69) is 26.2 Å². The second-order valence-electron chi connectivity index (χ2n) is 6.98. The van der Waals surface area contributed by atoms with Gasteiger partial charge in [-0.1, -0.05) is 5.92 Å². The van der Waals surface area contributed by atoms with Gasteiger partial charge in [0.1, 0.15) is 35.1 Å². The van der Waals surface area contributed by atoms with Crippen LogP contribution in [0.15, 0.2) is 30.6 Å². The summed E-state index contributed by atoms with van der Waals surface area (Å²) in [5.74, 6) is 2.76. The lowest BCUT2D eigenvalue weighted by molar-refractivity contribution is -0.131. The number of nitrogens with zero attached hydrogens (tertiary/aromatic N) is 6. The minimum Gasteiger partial charge on any atom is -0.365 e. The summed E-state index contributed by atoms with van der Waals surface area (Å²) >= 11 is 0. The molecule has 1 fully saturated rings. The lowest BCUT2D eigenvalue weighted by atomic mass is 10.1. The van der Waals surface area contributed by atoms with Crippen LogP contribution in [0.1, 0.15) is 25.0 Å². The van der Waals surface area contributed by atoms with Gasteiger partial charge in [-0.05, 0) is 25.0 Å². The third-order valence-electron chi connectivity index (χ3n) is 4.93. The molecule has 0 bridgehead atoms. The Labute approximate surface area is 172 Å². The van der Waals surface area contributed by atoms with Crippen molar-refractivity contribution in [1.82, 2.24) is 24.3 Å². The lowest BCUT2D eigenvalue weighted by Crippen LogP contribution is -2.45. The van der Waals surface area contributed by atoms with Crippen molar-refractivity contribution in [3.8, 4) is 29.9 Å². The number of amides is 1. The molecule has 1 saturated heterocycles. The van der Waals surface area contributed by atoms with Gasteiger partial charge in [0, 0.05) is 31.4 Å². The molecule has 1 unspecified atom stereocenters. The smallest absolute Gasteiger partial charge is 0.236 e. The standard InChI is InChI=1S/C21H18FN7O/c1-2-15-10-18(25-16-4-3-9-28(13-16)20(30)7-8-23)27-21(26-15)17-11-24-19-6-5-14(22)12-29(17)19/h1,5-6,10-12,16H,3-4,7,9,13H2,(H,25,26,27). The molecule has 1 atom stereocenters. The summed E-state index contributed by atoms with van der Waals surface area (Å²) in [7, 11) is 0. The van der Waals surface area contributed by atoms with E-state index in [1.807, 2.05) is 6.07 Å². The number of pyridine rings is 1. The molecule has 1 aliphatic heterocycles. The molecule has 1 amide bonds. The highest BCUT2D eigenvalue weighted by molar-refractivity contribution is 5.78. The van der Waals surface area contributed by atoms with E-state index < -0.39 is 5.82 Å². The number of nitriles is 1. The Balaban J connectivity index is 1.62. The van der Waals surface area contributed by atoms with Crippen molar-refractivity contribution < 1.29 is 9.18 Å². The average Bonchev–Trinajstić information content (AvgIpc) is 3.17. The van der Waals surface area contributed by atoms with Crippen molar-refractivity contribution in [2.24, 2.45) is 0 Å². The summed E-state index contributed by atoms with van der Waals surface area (Å²) in [5, 5.41) is 12.1. The van der Waals surface area contributed by atoms with Gasteiger partial charge in [-0.3, -0.25) is 9.20 Å². The van der Waals surface area contributed by atoms with Crippen molar-refractivity contribution >= 4 is 17.4 Å². The van der Waals surface area contributed by atoms with Gasteiger partial charge in [-0.25, -0.2) is 19.3 Å². The first-order valence-electron chi connectivity index (χ1n) is 9.47. The first-order valence-corrected chi connectivity index (χ1v) is 9.47. The summed E-state index contributed by atoms with van der Waals surface area (Å²) in [6.45, 7) is 1.11. The maximum Gasteiger partial charge on any atom is 0.236 e. The van der Waals surface area contributed by atoms with E-state index in [0.717, 1.165) is 12.8 Å². The van der Waals surface area contributed by atoms with E-state index in [1.54, 1.807) is 27.6 Å². The van der Waals surface area contributed by atoms with Gasteiger partial charge >= 0.3 is 0 Å². The topological polar surface area (TPSA) is 99.2 Å². The SMILES string of the molecule is C#Cc1cc(NC2CCCN(C(=O)CC#N)C2)nc(-c2cnc3ccc(F)cn23)n1. The first-order chi connectivity index (χ1) is 14.6. The van der Waals surface area contributed by atoms with E-state index in [4.69, 9.17) is 11.7 Å². The molecule has 0 radical (unpaired) electrons. The van der Waals surface area contributed by atoms with Crippen LogP contribution in [0.5, 0.6) is 0 Å². The fourth-order valence-electron chi connectivity index (χ4n) is 3.54. The minimum absolute atomic E-state index is 0.0330. The number of anilines is 1. The molecule has 30 heavy (non-hydrogen) atoms. The number of hydrogen-bond acceptors (Lipinski definition) is 6. The maximum absolute atomic E-state index is 13.7. The van der Waals surface area contributed by atoms with Crippen LogP contribution >= 0.6 is 0 Å². The normalized spacial score (nSPS) is 16.1. The van der Waals surface area contributed by atoms with Crippen LogP contribution in [0.3, 0.4) is 0 Å². The molecular weight excluding hydrogens is 385 g/mol. The molecule has 9 heteroatoms. The molecule has 3 aromatic rings. The van der Waals surface area contributed by atoms with Gasteiger partial charge in [0.25, 0.3) is 0 Å². The Morgan fingerprint density at radius 1 is 1.40 bits per heavy atom. The maximum atomic E-state index is 13.7. The molecular formula is C21H18FN7O. The Morgan fingerprint density at radius 3 is 3.07 bits per heavy atom. The molecule has 1 N–H and O–H groups in total. The number of fused-ring (bicyclic) bond motifs is 1. The number of rotatable bonds is 4. The summed E-state index contributed by atoms with van der Waals surface area (Å²) in [4.78, 5) is 26.9. The summed E-state index contributed by atoms with van der Waals surface area (Å²) in [5.41, 5.74) is 1.45. The number of likely N-dealkylation sites (tertiary alicyclic amines) is 1. The van der Waals surface area contributed by atoms with E-state index >= 15 is 0 Å². The fraction of sp³-hybridized carbons (Fsp3) is 0.286. The van der Waals surface area contributed by atoms with Crippen molar-refractivity contribution in [3.63, 3.8) is 0 Å². The Kier molecular flexibility index (Phi) is 5.27. The Hall–Kier alpha value is -3.98. The van der Waals surface area contributed by atoms with Crippen LogP contribution in [0.4, 0.5) is 10.2 Å². The zero-order valence-electron chi connectivity index (χ0n) is 16.0. The van der Waals surface area contributed by atoms with Crippen molar-refractivity contribution in [3.05, 3.63) is 42.1 Å². The van der Waals surface area contributed by atoms with E-state index in [0.29, 0.717) is 41.8 Å². The fourth-order valence-corrected chi connectivity index (χ4v) is 3.54. The molecule has 3 aromatic heterocycles. The van der Waals surface area contributed by atoms with Crippen LogP contribution in [0.25, 0.3) is 17.2 Å². The predicted octanol–water partition coefficient (Wildman–Crippen LogP) is 2.23. The van der Waals surface area contributed by atoms with Crippen LogP contribution < -0.4 is 5.32 Å². The number of piperidine rings is 1. The molecule has 4 heterocycles. The average molecular weight is 403 g/mol. The van der Waals surface area contributed by atoms with E-state index in [9.17, 15) is 9.18 Å². The van der Waals surface area contributed by atoms with Crippen LogP contribution in [0, 0.1) is 29.5 Å². The number of halogens is 1. The third-order valence-corrected chi connectivity index (χ3v) is 4.93. The Bertz CT molecular complexity index is 1190.